The van der Waals surface area contributed by atoms with Crippen LogP contribution in [0.4, 0.5) is 18.9 Å². The Labute approximate surface area is 175 Å². The monoisotopic (exact) mass is 431 g/mol. The Bertz CT molecular complexity index is 1200. The van der Waals surface area contributed by atoms with Gasteiger partial charge in [-0.05, 0) is 37.1 Å². The van der Waals surface area contributed by atoms with Crippen molar-refractivity contribution in [2.24, 2.45) is 4.99 Å². The summed E-state index contributed by atoms with van der Waals surface area (Å²) in [6, 6.07) is 12.8. The Balaban J connectivity index is 1.76. The molecule has 8 heteroatoms. The van der Waals surface area contributed by atoms with E-state index in [0.29, 0.717) is 29.3 Å². The van der Waals surface area contributed by atoms with Crippen LogP contribution in [0.1, 0.15) is 25.3 Å². The van der Waals surface area contributed by atoms with Crippen molar-refractivity contribution in [3.63, 3.8) is 0 Å². The van der Waals surface area contributed by atoms with E-state index in [2.05, 4.69) is 4.99 Å². The molecular weight excluding hydrogens is 411 g/mol. The van der Waals surface area contributed by atoms with Crippen LogP contribution >= 0.6 is 0 Å². The molecule has 31 heavy (non-hydrogen) atoms. The molecule has 0 spiro atoms. The summed E-state index contributed by atoms with van der Waals surface area (Å²) in [4.78, 5) is 15.8. The van der Waals surface area contributed by atoms with Gasteiger partial charge in [0.15, 0.2) is 5.60 Å². The molecule has 2 aromatic carbocycles. The van der Waals surface area contributed by atoms with Crippen LogP contribution in [0.25, 0.3) is 10.8 Å². The molecule has 1 N–H and O–H groups in total. The third-order valence-electron chi connectivity index (χ3n) is 5.73. The van der Waals surface area contributed by atoms with Crippen molar-refractivity contribution < 1.29 is 27.4 Å². The summed E-state index contributed by atoms with van der Waals surface area (Å²) >= 11 is 0. The van der Waals surface area contributed by atoms with Crippen LogP contribution in [0, 0.1) is 0 Å². The number of rotatable bonds is 4. The second-order valence-corrected chi connectivity index (χ2v) is 7.96. The van der Waals surface area contributed by atoms with Gasteiger partial charge in [0.25, 0.3) is 0 Å². The number of hydrogen-bond acceptors (Lipinski definition) is 5. The molecule has 2 atom stereocenters. The van der Waals surface area contributed by atoms with E-state index in [9.17, 15) is 23.1 Å². The van der Waals surface area contributed by atoms with Gasteiger partial charge >= 0.3 is 11.8 Å². The van der Waals surface area contributed by atoms with E-state index >= 15 is 0 Å². The maximum atomic E-state index is 14.0. The Morgan fingerprint density at radius 3 is 2.68 bits per heavy atom. The number of hydrogen-bond donors (Lipinski definition) is 1. The van der Waals surface area contributed by atoms with Crippen molar-refractivity contribution in [1.29, 1.82) is 0 Å². The molecule has 1 aliphatic heterocycles. The normalized spacial score (nSPS) is 20.9. The lowest BCUT2D eigenvalue weighted by Crippen LogP contribution is -2.51. The highest BCUT2D eigenvalue weighted by molar-refractivity contribution is 5.93. The standard InChI is InChI=1S/C23H20F3NO4/c1-21(10-12-30-19-8-3-2-6-17(19)21)13-22(29,23(24,25)26)14-27-18-7-4-5-16-15(18)9-11-31-20(16)28/h2-9,11,14,29H,10,12-13H2,1H3. The number of para-hydroxylation sites is 1. The van der Waals surface area contributed by atoms with E-state index in [-0.39, 0.29) is 17.7 Å². The van der Waals surface area contributed by atoms with E-state index in [1.165, 1.54) is 24.3 Å². The lowest BCUT2D eigenvalue weighted by atomic mass is 9.70. The van der Waals surface area contributed by atoms with Crippen molar-refractivity contribution >= 4 is 22.7 Å². The first kappa shape index (κ1) is 21.1. The Morgan fingerprint density at radius 1 is 1.13 bits per heavy atom. The highest BCUT2D eigenvalue weighted by Gasteiger charge is 2.56. The second-order valence-electron chi connectivity index (χ2n) is 7.96. The van der Waals surface area contributed by atoms with Gasteiger partial charge in [-0.2, -0.15) is 13.2 Å². The van der Waals surface area contributed by atoms with Crippen molar-refractivity contribution in [2.45, 2.75) is 37.0 Å². The zero-order chi connectivity index (χ0) is 22.3. The lowest BCUT2D eigenvalue weighted by Gasteiger charge is -2.41. The van der Waals surface area contributed by atoms with E-state index in [1.54, 1.807) is 31.2 Å². The fourth-order valence-electron chi connectivity index (χ4n) is 4.03. The highest BCUT2D eigenvalue weighted by atomic mass is 19.4. The summed E-state index contributed by atoms with van der Waals surface area (Å²) in [6.07, 6.45) is -3.60. The van der Waals surface area contributed by atoms with Gasteiger partial charge in [0.05, 0.1) is 23.9 Å². The molecule has 0 amide bonds. The number of nitrogens with zero attached hydrogens (tertiary/aromatic N) is 1. The third kappa shape index (κ3) is 3.83. The molecule has 0 radical (unpaired) electrons. The Morgan fingerprint density at radius 2 is 1.90 bits per heavy atom. The molecule has 2 heterocycles. The van der Waals surface area contributed by atoms with Gasteiger partial charge in [0, 0.05) is 22.6 Å². The number of aliphatic hydroxyl groups is 1. The van der Waals surface area contributed by atoms with Gasteiger partial charge < -0.3 is 14.3 Å². The molecule has 1 aromatic heterocycles. The molecule has 0 aliphatic carbocycles. The number of alkyl halides is 3. The van der Waals surface area contributed by atoms with Crippen LogP contribution in [0.2, 0.25) is 0 Å². The topological polar surface area (TPSA) is 72.0 Å². The number of fused-ring (bicyclic) bond motifs is 2. The zero-order valence-electron chi connectivity index (χ0n) is 16.6. The SMILES string of the molecule is CC1(CC(O)(C=Nc2cccc3c(=O)occc23)C(F)(F)F)CCOc2ccccc21. The van der Waals surface area contributed by atoms with Gasteiger partial charge in [0.2, 0.25) is 0 Å². The summed E-state index contributed by atoms with van der Waals surface area (Å²) in [5.74, 6) is 0.512. The van der Waals surface area contributed by atoms with Crippen LogP contribution < -0.4 is 10.4 Å². The van der Waals surface area contributed by atoms with Gasteiger partial charge in [-0.25, -0.2) is 4.79 Å². The van der Waals surface area contributed by atoms with E-state index in [1.807, 2.05) is 0 Å². The maximum absolute atomic E-state index is 14.0. The molecule has 0 fully saturated rings. The van der Waals surface area contributed by atoms with E-state index < -0.39 is 29.2 Å². The summed E-state index contributed by atoms with van der Waals surface area (Å²) in [5.41, 5.74) is -4.05. The van der Waals surface area contributed by atoms with Crippen LogP contribution in [0.3, 0.4) is 0 Å². The smallest absolute Gasteiger partial charge is 0.422 e. The molecular formula is C23H20F3NO4. The van der Waals surface area contributed by atoms with Crippen molar-refractivity contribution in [1.82, 2.24) is 0 Å². The summed E-state index contributed by atoms with van der Waals surface area (Å²) in [5, 5.41) is 11.3. The van der Waals surface area contributed by atoms with Crippen molar-refractivity contribution in [3.05, 3.63) is 70.8 Å². The molecule has 1 aliphatic rings. The Hall–Kier alpha value is -3.13. The predicted molar refractivity (Wildman–Crippen MR) is 110 cm³/mol. The number of halogens is 3. The minimum absolute atomic E-state index is 0.130. The van der Waals surface area contributed by atoms with Gasteiger partial charge in [-0.15, -0.1) is 0 Å². The van der Waals surface area contributed by atoms with Crippen LogP contribution in [0.5, 0.6) is 5.75 Å². The number of ether oxygens (including phenoxy) is 1. The van der Waals surface area contributed by atoms with Crippen molar-refractivity contribution in [3.8, 4) is 5.75 Å². The number of aliphatic imine (C=N–C) groups is 1. The average Bonchev–Trinajstić information content (AvgIpc) is 2.72. The summed E-state index contributed by atoms with van der Waals surface area (Å²) in [6.45, 7) is 1.93. The number of benzene rings is 2. The fourth-order valence-corrected chi connectivity index (χ4v) is 4.03. The first-order valence-corrected chi connectivity index (χ1v) is 9.70. The van der Waals surface area contributed by atoms with Gasteiger partial charge in [-0.3, -0.25) is 4.99 Å². The van der Waals surface area contributed by atoms with Gasteiger partial charge in [0.1, 0.15) is 5.75 Å². The first-order chi connectivity index (χ1) is 14.6. The maximum Gasteiger partial charge on any atom is 0.422 e. The van der Waals surface area contributed by atoms with Crippen LogP contribution in [-0.4, -0.2) is 29.7 Å². The largest absolute Gasteiger partial charge is 0.493 e. The Kier molecular flexibility index (Phi) is 5.13. The molecule has 4 rings (SSSR count). The summed E-state index contributed by atoms with van der Waals surface area (Å²) < 4.78 is 52.5. The highest BCUT2D eigenvalue weighted by Crippen LogP contribution is 2.47. The summed E-state index contributed by atoms with van der Waals surface area (Å²) in [7, 11) is 0. The van der Waals surface area contributed by atoms with Crippen LogP contribution in [-0.2, 0) is 5.41 Å². The second kappa shape index (κ2) is 7.53. The molecule has 0 bridgehead atoms. The van der Waals surface area contributed by atoms with Crippen LogP contribution in [0.15, 0.2) is 69.0 Å². The molecule has 162 valence electrons. The fraction of sp³-hybridized carbons (Fsp3) is 0.304. The molecule has 3 aromatic rings. The first-order valence-electron chi connectivity index (χ1n) is 9.70. The zero-order valence-corrected chi connectivity index (χ0v) is 16.6. The minimum Gasteiger partial charge on any atom is -0.493 e. The molecule has 0 saturated carbocycles. The quantitative estimate of drug-likeness (QED) is 0.596. The lowest BCUT2D eigenvalue weighted by molar-refractivity contribution is -0.235. The molecule has 0 saturated heterocycles. The van der Waals surface area contributed by atoms with E-state index in [4.69, 9.17) is 9.15 Å². The van der Waals surface area contributed by atoms with Gasteiger partial charge in [-0.1, -0.05) is 31.2 Å². The van der Waals surface area contributed by atoms with E-state index in [0.717, 1.165) is 6.26 Å². The predicted octanol–water partition coefficient (Wildman–Crippen LogP) is 4.92. The average molecular weight is 431 g/mol. The third-order valence-corrected chi connectivity index (χ3v) is 5.73. The molecule has 5 nitrogen and oxygen atoms in total. The molecule has 2 unspecified atom stereocenters. The van der Waals surface area contributed by atoms with Crippen molar-refractivity contribution in [2.75, 3.05) is 6.61 Å². The minimum atomic E-state index is -4.96.